The van der Waals surface area contributed by atoms with E-state index >= 15 is 0 Å². The van der Waals surface area contributed by atoms with E-state index in [0.29, 0.717) is 20.4 Å². The van der Waals surface area contributed by atoms with Crippen LogP contribution in [-0.2, 0) is 6.42 Å². The third-order valence-electron chi connectivity index (χ3n) is 4.20. The number of hydrogen-bond donors (Lipinski definition) is 0. The number of aryl methyl sites for hydroxylation is 1. The number of benzene rings is 2. The van der Waals surface area contributed by atoms with Crippen LogP contribution in [0.2, 0.25) is 0 Å². The number of hydrogen-bond acceptors (Lipinski definition) is 5. The lowest BCUT2D eigenvalue weighted by molar-refractivity contribution is 0.983. The molecule has 3 rings (SSSR count). The molecule has 0 aliphatic rings. The van der Waals surface area contributed by atoms with Crippen LogP contribution < -0.4 is 14.8 Å². The zero-order valence-corrected chi connectivity index (χ0v) is 15.8. The Hall–Kier alpha value is -3.92. The molecule has 0 aliphatic heterocycles. The highest BCUT2D eigenvalue weighted by Gasteiger charge is 2.11. The van der Waals surface area contributed by atoms with E-state index in [4.69, 9.17) is 5.26 Å². The highest BCUT2D eigenvalue weighted by molar-refractivity contribution is 7.07. The number of aromatic nitrogens is 1. The number of nitrogens with zero attached hydrogens (tertiary/aromatic N) is 4. The average Bonchev–Trinajstić information content (AvgIpc) is 3.05. The first-order chi connectivity index (χ1) is 13.6. The largest absolute Gasteiger partial charge is 0.273 e. The van der Waals surface area contributed by atoms with E-state index in [1.165, 1.54) is 4.57 Å². The molecular formula is C22H14N4OS. The molecule has 1 aromatic heterocycles. The van der Waals surface area contributed by atoms with E-state index in [2.05, 4.69) is 6.07 Å². The second-order valence-electron chi connectivity index (χ2n) is 5.91. The van der Waals surface area contributed by atoms with Crippen molar-refractivity contribution in [1.29, 1.82) is 15.8 Å². The Kier molecular flexibility index (Phi) is 5.51. The fraction of sp³-hybridized carbons (Fsp3) is 0.0909. The van der Waals surface area contributed by atoms with Crippen LogP contribution in [0.15, 0.2) is 53.3 Å². The number of rotatable bonds is 3. The summed E-state index contributed by atoms with van der Waals surface area (Å²) in [6, 6.07) is 20.1. The summed E-state index contributed by atoms with van der Waals surface area (Å²) < 4.78 is 2.11. The summed E-state index contributed by atoms with van der Waals surface area (Å²) in [5.74, 6) is 0. The molecule has 28 heavy (non-hydrogen) atoms. The molecular weight excluding hydrogens is 368 g/mol. The molecule has 2 aromatic carbocycles. The van der Waals surface area contributed by atoms with Gasteiger partial charge < -0.3 is 0 Å². The second kappa shape index (κ2) is 8.18. The molecule has 134 valence electrons. The maximum atomic E-state index is 13.1. The first-order valence-electron chi connectivity index (χ1n) is 8.48. The summed E-state index contributed by atoms with van der Waals surface area (Å²) >= 11 is 1.10. The van der Waals surface area contributed by atoms with Gasteiger partial charge in [-0.3, -0.25) is 9.36 Å². The first-order valence-corrected chi connectivity index (χ1v) is 9.30. The van der Waals surface area contributed by atoms with Gasteiger partial charge >= 0.3 is 0 Å². The fourth-order valence-electron chi connectivity index (χ4n) is 2.69. The fourth-order valence-corrected chi connectivity index (χ4v) is 3.75. The molecule has 0 aliphatic carbocycles. The van der Waals surface area contributed by atoms with Crippen molar-refractivity contribution < 1.29 is 0 Å². The Balaban J connectivity index is 2.30. The van der Waals surface area contributed by atoms with Crippen LogP contribution in [0.4, 0.5) is 0 Å². The molecule has 0 spiro atoms. The Morgan fingerprint density at radius 3 is 2.21 bits per heavy atom. The van der Waals surface area contributed by atoms with E-state index in [9.17, 15) is 15.3 Å². The van der Waals surface area contributed by atoms with Crippen molar-refractivity contribution in [3.8, 4) is 23.9 Å². The molecule has 1 heterocycles. The van der Waals surface area contributed by atoms with Crippen LogP contribution in [0.1, 0.15) is 23.6 Å². The van der Waals surface area contributed by atoms with Gasteiger partial charge in [0.15, 0.2) is 5.57 Å². The summed E-state index contributed by atoms with van der Waals surface area (Å²) in [6.45, 7) is 2.04. The second-order valence-corrected chi connectivity index (χ2v) is 6.94. The maximum Gasteiger partial charge on any atom is 0.273 e. The quantitative estimate of drug-likeness (QED) is 0.695. The Morgan fingerprint density at radius 1 is 1.04 bits per heavy atom. The van der Waals surface area contributed by atoms with Crippen molar-refractivity contribution in [2.24, 2.45) is 0 Å². The first kappa shape index (κ1) is 18.9. The number of thiazole rings is 1. The van der Waals surface area contributed by atoms with Gasteiger partial charge in [-0.25, -0.2) is 0 Å². The minimum absolute atomic E-state index is 0.110. The normalized spacial score (nSPS) is 10.7. The highest BCUT2D eigenvalue weighted by atomic mass is 32.1. The monoisotopic (exact) mass is 382 g/mol. The van der Waals surface area contributed by atoms with Gasteiger partial charge in [-0.2, -0.15) is 15.8 Å². The lowest BCUT2D eigenvalue weighted by Gasteiger charge is -2.03. The van der Waals surface area contributed by atoms with Crippen molar-refractivity contribution in [3.05, 3.63) is 84.8 Å². The molecule has 6 heteroatoms. The van der Waals surface area contributed by atoms with Gasteiger partial charge in [-0.1, -0.05) is 31.2 Å². The van der Waals surface area contributed by atoms with Crippen LogP contribution in [0, 0.1) is 34.0 Å². The average molecular weight is 382 g/mol. The van der Waals surface area contributed by atoms with Gasteiger partial charge in [0.2, 0.25) is 0 Å². The summed E-state index contributed by atoms with van der Waals surface area (Å²) in [5.41, 5.74) is 2.62. The predicted octanol–water partition coefficient (Wildman–Crippen LogP) is 2.36. The maximum absolute atomic E-state index is 13.1. The molecule has 5 nitrogen and oxygen atoms in total. The topological polar surface area (TPSA) is 93.4 Å². The molecule has 0 amide bonds. The van der Waals surface area contributed by atoms with Gasteiger partial charge in [0.1, 0.15) is 16.8 Å². The molecule has 3 aromatic rings. The summed E-state index contributed by atoms with van der Waals surface area (Å²) in [5, 5.41) is 27.5. The van der Waals surface area contributed by atoms with E-state index in [0.717, 1.165) is 28.9 Å². The van der Waals surface area contributed by atoms with E-state index in [-0.39, 0.29) is 11.1 Å². The van der Waals surface area contributed by atoms with Crippen LogP contribution in [-0.4, -0.2) is 4.57 Å². The molecule has 0 saturated carbocycles. The van der Waals surface area contributed by atoms with Crippen LogP contribution in [0.5, 0.6) is 0 Å². The van der Waals surface area contributed by atoms with Crippen molar-refractivity contribution >= 4 is 23.0 Å². The third kappa shape index (κ3) is 3.62. The zero-order chi connectivity index (χ0) is 20.1. The number of nitriles is 3. The predicted molar refractivity (Wildman–Crippen MR) is 108 cm³/mol. The highest BCUT2D eigenvalue weighted by Crippen LogP contribution is 2.08. The minimum atomic E-state index is -0.295. The standard InChI is InChI=1S/C22H14N4OS/c1-2-15-7-9-19(10-8-15)26-21(27)20(28-22(26)18(13-24)14-25)11-16-3-5-17(12-23)6-4-16/h3-11H,2H2,1H3/b20-11+. The zero-order valence-electron chi connectivity index (χ0n) is 15.0. The van der Waals surface area contributed by atoms with Crippen molar-refractivity contribution in [2.75, 3.05) is 0 Å². The van der Waals surface area contributed by atoms with E-state index in [1.54, 1.807) is 30.3 Å². The van der Waals surface area contributed by atoms with Crippen molar-refractivity contribution in [1.82, 2.24) is 4.57 Å². The van der Waals surface area contributed by atoms with Crippen molar-refractivity contribution in [2.45, 2.75) is 13.3 Å². The Bertz CT molecular complexity index is 1310. The summed E-state index contributed by atoms with van der Waals surface area (Å²) in [7, 11) is 0. The van der Waals surface area contributed by atoms with Gasteiger partial charge in [0, 0.05) is 0 Å². The lowest BCUT2D eigenvalue weighted by Crippen LogP contribution is -2.30. The molecule has 0 saturated heterocycles. The van der Waals surface area contributed by atoms with Crippen LogP contribution in [0.25, 0.3) is 17.3 Å². The Morgan fingerprint density at radius 2 is 1.68 bits per heavy atom. The Labute approximate surface area is 165 Å². The van der Waals surface area contributed by atoms with E-state index in [1.807, 2.05) is 43.3 Å². The van der Waals surface area contributed by atoms with Crippen molar-refractivity contribution in [3.63, 3.8) is 0 Å². The van der Waals surface area contributed by atoms with Gasteiger partial charge in [-0.05, 0) is 47.9 Å². The van der Waals surface area contributed by atoms with Gasteiger partial charge in [-0.15, -0.1) is 11.3 Å². The summed E-state index contributed by atoms with van der Waals surface area (Å²) in [4.78, 5) is 13.1. The third-order valence-corrected chi connectivity index (χ3v) is 5.29. The van der Waals surface area contributed by atoms with E-state index < -0.39 is 0 Å². The molecule has 0 unspecified atom stereocenters. The van der Waals surface area contributed by atoms with Gasteiger partial charge in [0.25, 0.3) is 5.56 Å². The SMILES string of the molecule is CCc1ccc(-n2c(=C(C#N)C#N)s/c(=C/c3ccc(C#N)cc3)c2=O)cc1. The molecule has 0 radical (unpaired) electrons. The lowest BCUT2D eigenvalue weighted by atomic mass is 10.1. The van der Waals surface area contributed by atoms with Gasteiger partial charge in [0.05, 0.1) is 21.9 Å². The molecule has 0 atom stereocenters. The molecule has 0 N–H and O–H groups in total. The summed E-state index contributed by atoms with van der Waals surface area (Å²) in [6.07, 6.45) is 2.57. The smallest absolute Gasteiger partial charge is 0.267 e. The molecule has 0 fully saturated rings. The molecule has 0 bridgehead atoms. The van der Waals surface area contributed by atoms with Crippen LogP contribution in [0.3, 0.4) is 0 Å². The minimum Gasteiger partial charge on any atom is -0.267 e. The van der Waals surface area contributed by atoms with Crippen LogP contribution >= 0.6 is 11.3 Å².